The highest BCUT2D eigenvalue weighted by Gasteiger charge is 2.14. The zero-order valence-electron chi connectivity index (χ0n) is 22.5. The van der Waals surface area contributed by atoms with Gasteiger partial charge in [0.1, 0.15) is 0 Å². The van der Waals surface area contributed by atoms with Crippen molar-refractivity contribution in [1.82, 2.24) is 29.9 Å². The van der Waals surface area contributed by atoms with Gasteiger partial charge in [-0.1, -0.05) is 97.1 Å². The molecule has 4 aromatic heterocycles. The van der Waals surface area contributed by atoms with Crippen LogP contribution in [0.2, 0.25) is 0 Å². The van der Waals surface area contributed by atoms with Gasteiger partial charge in [0.2, 0.25) is 0 Å². The summed E-state index contributed by atoms with van der Waals surface area (Å²) in [7, 11) is 0. The van der Waals surface area contributed by atoms with Crippen LogP contribution in [0.1, 0.15) is 0 Å². The number of nitrogens with zero attached hydrogens (tertiary/aromatic N) is 6. The maximum absolute atomic E-state index is 4.94. The minimum atomic E-state index is 0.557. The third kappa shape index (κ3) is 5.29. The molecule has 6 nitrogen and oxygen atoms in total. The van der Waals surface area contributed by atoms with Gasteiger partial charge in [-0.15, -0.1) is 0 Å². The highest BCUT2D eigenvalue weighted by molar-refractivity contribution is 5.75. The predicted molar refractivity (Wildman–Crippen MR) is 166 cm³/mol. The molecule has 0 spiro atoms. The number of aromatic nitrogens is 6. The van der Waals surface area contributed by atoms with Crippen LogP contribution in [0.5, 0.6) is 0 Å². The van der Waals surface area contributed by atoms with Crippen LogP contribution >= 0.6 is 0 Å². The molecule has 0 atom stereocenters. The molecular weight excluding hydrogens is 516 g/mol. The first-order valence-electron chi connectivity index (χ1n) is 13.6. The normalized spacial score (nSPS) is 10.9. The first-order valence-corrected chi connectivity index (χ1v) is 13.6. The summed E-state index contributed by atoms with van der Waals surface area (Å²) < 4.78 is 0. The van der Waals surface area contributed by atoms with E-state index in [1.807, 2.05) is 109 Å². The summed E-state index contributed by atoms with van der Waals surface area (Å²) in [5, 5.41) is 0. The molecule has 0 aliphatic rings. The predicted octanol–water partition coefficient (Wildman–Crippen LogP) is 8.06. The minimum absolute atomic E-state index is 0.557. The fourth-order valence-electron chi connectivity index (χ4n) is 4.72. The van der Waals surface area contributed by atoms with Crippen molar-refractivity contribution in [3.8, 4) is 68.1 Å². The molecule has 0 saturated heterocycles. The van der Waals surface area contributed by atoms with Crippen molar-refractivity contribution in [3.05, 3.63) is 146 Å². The molecule has 4 heterocycles. The van der Waals surface area contributed by atoms with Crippen molar-refractivity contribution in [1.29, 1.82) is 0 Å². The molecule has 0 saturated carbocycles. The summed E-state index contributed by atoms with van der Waals surface area (Å²) in [6.45, 7) is 0. The van der Waals surface area contributed by atoms with Gasteiger partial charge in [-0.3, -0.25) is 9.97 Å². The standard InChI is InChI=1S/C36H24N6/c1-4-12-25(13-5-1)29-22-32(30-18-10-11-21-37-30)39-33(23-29)31-20-19-28(24-38-31)36-41-34(26-14-6-2-7-15-26)40-35(42-36)27-16-8-3-9-17-27/h1-24H. The van der Waals surface area contributed by atoms with Gasteiger partial charge in [-0.2, -0.15) is 0 Å². The molecule has 0 unspecified atom stereocenters. The van der Waals surface area contributed by atoms with Gasteiger partial charge in [-0.05, 0) is 47.5 Å². The Bertz CT molecular complexity index is 1680. The van der Waals surface area contributed by atoms with Crippen LogP contribution in [0.15, 0.2) is 146 Å². The van der Waals surface area contributed by atoms with Crippen molar-refractivity contribution in [2.75, 3.05) is 0 Å². The molecule has 42 heavy (non-hydrogen) atoms. The fourth-order valence-corrected chi connectivity index (χ4v) is 4.72. The van der Waals surface area contributed by atoms with Crippen LogP contribution in [0, 0.1) is 0 Å². The zero-order valence-corrected chi connectivity index (χ0v) is 22.5. The molecule has 0 fully saturated rings. The quantitative estimate of drug-likeness (QED) is 0.212. The molecule has 6 heteroatoms. The summed E-state index contributed by atoms with van der Waals surface area (Å²) in [5.74, 6) is 1.78. The molecule has 7 aromatic rings. The second-order valence-electron chi connectivity index (χ2n) is 9.68. The Labute approximate surface area is 243 Å². The van der Waals surface area contributed by atoms with E-state index in [9.17, 15) is 0 Å². The number of hydrogen-bond donors (Lipinski definition) is 0. The third-order valence-corrected chi connectivity index (χ3v) is 6.84. The zero-order chi connectivity index (χ0) is 28.1. The Morgan fingerprint density at radius 1 is 0.310 bits per heavy atom. The van der Waals surface area contributed by atoms with Gasteiger partial charge < -0.3 is 0 Å². The van der Waals surface area contributed by atoms with E-state index in [-0.39, 0.29) is 0 Å². The first kappa shape index (κ1) is 25.1. The van der Waals surface area contributed by atoms with Gasteiger partial charge in [0.25, 0.3) is 0 Å². The second-order valence-corrected chi connectivity index (χ2v) is 9.68. The Hall–Kier alpha value is -5.88. The highest BCUT2D eigenvalue weighted by Crippen LogP contribution is 2.30. The van der Waals surface area contributed by atoms with Crippen LogP contribution in [0.3, 0.4) is 0 Å². The van der Waals surface area contributed by atoms with E-state index in [1.54, 1.807) is 12.4 Å². The SMILES string of the molecule is c1ccc(-c2cc(-c3ccccn3)nc(-c3ccc(-c4nc(-c5ccccc5)nc(-c5ccccc5)n4)cn3)c2)cc1. The molecule has 3 aromatic carbocycles. The van der Waals surface area contributed by atoms with Crippen molar-refractivity contribution in [2.24, 2.45) is 0 Å². The van der Waals surface area contributed by atoms with Crippen molar-refractivity contribution in [3.63, 3.8) is 0 Å². The van der Waals surface area contributed by atoms with E-state index in [0.717, 1.165) is 50.6 Å². The molecule has 0 aliphatic carbocycles. The summed E-state index contributed by atoms with van der Waals surface area (Å²) in [5.41, 5.74) is 7.88. The largest absolute Gasteiger partial charge is 0.255 e. The summed E-state index contributed by atoms with van der Waals surface area (Å²) in [6, 6.07) is 44.0. The Kier molecular flexibility index (Phi) is 6.76. The first-order chi connectivity index (χ1) is 20.8. The lowest BCUT2D eigenvalue weighted by Gasteiger charge is -2.10. The van der Waals surface area contributed by atoms with Crippen molar-refractivity contribution in [2.45, 2.75) is 0 Å². The number of benzene rings is 3. The van der Waals surface area contributed by atoms with Crippen molar-refractivity contribution >= 4 is 0 Å². The van der Waals surface area contributed by atoms with Crippen LogP contribution in [0.4, 0.5) is 0 Å². The van der Waals surface area contributed by atoms with Crippen LogP contribution in [-0.4, -0.2) is 29.9 Å². The maximum atomic E-state index is 4.94. The molecule has 0 bridgehead atoms. The van der Waals surface area contributed by atoms with Gasteiger partial charge in [0.15, 0.2) is 17.5 Å². The Morgan fingerprint density at radius 2 is 0.810 bits per heavy atom. The number of hydrogen-bond acceptors (Lipinski definition) is 6. The molecule has 0 radical (unpaired) electrons. The smallest absolute Gasteiger partial charge is 0.165 e. The van der Waals surface area contributed by atoms with Crippen LogP contribution < -0.4 is 0 Å². The lowest BCUT2D eigenvalue weighted by atomic mass is 10.0. The van der Waals surface area contributed by atoms with Crippen molar-refractivity contribution < 1.29 is 0 Å². The molecule has 198 valence electrons. The van der Waals surface area contributed by atoms with E-state index in [0.29, 0.717) is 17.5 Å². The van der Waals surface area contributed by atoms with E-state index >= 15 is 0 Å². The van der Waals surface area contributed by atoms with Gasteiger partial charge in [0.05, 0.1) is 22.8 Å². The Morgan fingerprint density at radius 3 is 1.31 bits per heavy atom. The lowest BCUT2D eigenvalue weighted by molar-refractivity contribution is 1.07. The van der Waals surface area contributed by atoms with Gasteiger partial charge >= 0.3 is 0 Å². The topological polar surface area (TPSA) is 77.3 Å². The van der Waals surface area contributed by atoms with E-state index < -0.39 is 0 Å². The highest BCUT2D eigenvalue weighted by atomic mass is 15.0. The van der Waals surface area contributed by atoms with E-state index in [2.05, 4.69) is 29.2 Å². The van der Waals surface area contributed by atoms with Crippen LogP contribution in [-0.2, 0) is 0 Å². The minimum Gasteiger partial charge on any atom is -0.255 e. The molecule has 0 aliphatic heterocycles. The summed E-state index contributed by atoms with van der Waals surface area (Å²) in [6.07, 6.45) is 3.58. The Balaban J connectivity index is 1.31. The monoisotopic (exact) mass is 540 g/mol. The maximum Gasteiger partial charge on any atom is 0.165 e. The molecule has 0 N–H and O–H groups in total. The van der Waals surface area contributed by atoms with Gasteiger partial charge in [-0.25, -0.2) is 19.9 Å². The van der Waals surface area contributed by atoms with Gasteiger partial charge in [0, 0.05) is 29.1 Å². The second kappa shape index (κ2) is 11.3. The van der Waals surface area contributed by atoms with Crippen LogP contribution in [0.25, 0.3) is 68.1 Å². The summed E-state index contributed by atoms with van der Waals surface area (Å²) >= 11 is 0. The third-order valence-electron chi connectivity index (χ3n) is 6.84. The average molecular weight is 541 g/mol. The lowest BCUT2D eigenvalue weighted by Crippen LogP contribution is -2.00. The molecule has 0 amide bonds. The summed E-state index contributed by atoms with van der Waals surface area (Å²) in [4.78, 5) is 28.7. The molecular formula is C36H24N6. The fraction of sp³-hybridized carbons (Fsp3) is 0. The number of rotatable bonds is 6. The van der Waals surface area contributed by atoms with E-state index in [1.165, 1.54) is 0 Å². The van der Waals surface area contributed by atoms with E-state index in [4.69, 9.17) is 24.9 Å². The average Bonchev–Trinajstić information content (AvgIpc) is 3.09. The number of pyridine rings is 3. The molecule has 7 rings (SSSR count).